The Labute approximate surface area is 116 Å². The van der Waals surface area contributed by atoms with Crippen LogP contribution in [-0.4, -0.2) is 18.5 Å². The molecule has 1 aromatic rings. The van der Waals surface area contributed by atoms with Crippen LogP contribution in [0.4, 0.5) is 0 Å². The largest absolute Gasteiger partial charge is 0.374 e. The zero-order valence-electron chi connectivity index (χ0n) is 12.0. The molecule has 0 N–H and O–H groups in total. The van der Waals surface area contributed by atoms with Crippen LogP contribution in [0, 0.1) is 0 Å². The number of likely N-dealkylation sites (N-methyl/N-ethyl adjacent to an activating group) is 1. The zero-order valence-corrected chi connectivity index (χ0v) is 12.0. The van der Waals surface area contributed by atoms with Crippen LogP contribution in [0.1, 0.15) is 31.7 Å². The van der Waals surface area contributed by atoms with Crippen LogP contribution < -0.4 is 0 Å². The van der Waals surface area contributed by atoms with Gasteiger partial charge in [-0.25, -0.2) is 0 Å². The smallest absolute Gasteiger partial charge is 0.0399 e. The van der Waals surface area contributed by atoms with Gasteiger partial charge in [0.25, 0.3) is 0 Å². The van der Waals surface area contributed by atoms with E-state index in [0.29, 0.717) is 0 Å². The van der Waals surface area contributed by atoms with E-state index in [1.165, 1.54) is 29.7 Å². The van der Waals surface area contributed by atoms with Crippen molar-refractivity contribution in [2.75, 3.05) is 13.6 Å². The van der Waals surface area contributed by atoms with Crippen LogP contribution in [0.2, 0.25) is 0 Å². The lowest BCUT2D eigenvalue weighted by Gasteiger charge is -2.26. The molecule has 0 fully saturated rings. The zero-order chi connectivity index (χ0) is 13.5. The fourth-order valence-corrected chi connectivity index (χ4v) is 2.34. The van der Waals surface area contributed by atoms with E-state index >= 15 is 0 Å². The molecule has 1 aromatic carbocycles. The predicted octanol–water partition coefficient (Wildman–Crippen LogP) is 4.65. The molecule has 0 spiro atoms. The van der Waals surface area contributed by atoms with Gasteiger partial charge in [-0.1, -0.05) is 55.8 Å². The molecule has 0 saturated carbocycles. The van der Waals surface area contributed by atoms with Crippen LogP contribution in [0.3, 0.4) is 0 Å². The van der Waals surface area contributed by atoms with Crippen molar-refractivity contribution in [2.45, 2.75) is 26.2 Å². The van der Waals surface area contributed by atoms with Gasteiger partial charge < -0.3 is 4.90 Å². The van der Waals surface area contributed by atoms with Gasteiger partial charge in [0.1, 0.15) is 0 Å². The average Bonchev–Trinajstić information content (AvgIpc) is 2.46. The highest BCUT2D eigenvalue weighted by Gasteiger charge is 2.11. The minimum absolute atomic E-state index is 1.02. The molecule has 0 heterocycles. The van der Waals surface area contributed by atoms with Gasteiger partial charge in [0.05, 0.1) is 0 Å². The van der Waals surface area contributed by atoms with E-state index in [0.717, 1.165) is 13.0 Å². The summed E-state index contributed by atoms with van der Waals surface area (Å²) >= 11 is 0. The SMILES string of the molecule is CCCCN(C)C1=CC=CCC1=Cc1ccccc1. The fourth-order valence-electron chi connectivity index (χ4n) is 2.34. The maximum atomic E-state index is 2.38. The van der Waals surface area contributed by atoms with Crippen molar-refractivity contribution < 1.29 is 0 Å². The van der Waals surface area contributed by atoms with Crippen molar-refractivity contribution in [1.29, 1.82) is 0 Å². The Bertz CT molecular complexity index is 480. The predicted molar refractivity (Wildman–Crippen MR) is 83.8 cm³/mol. The first kappa shape index (κ1) is 13.7. The van der Waals surface area contributed by atoms with Crippen molar-refractivity contribution in [3.8, 4) is 0 Å². The quantitative estimate of drug-likeness (QED) is 0.738. The molecule has 1 aliphatic carbocycles. The third kappa shape index (κ3) is 3.85. The minimum Gasteiger partial charge on any atom is -0.374 e. The number of hydrogen-bond donors (Lipinski definition) is 0. The van der Waals surface area contributed by atoms with E-state index in [-0.39, 0.29) is 0 Å². The number of hydrogen-bond acceptors (Lipinski definition) is 1. The molecule has 2 rings (SSSR count). The molecule has 1 nitrogen and oxygen atoms in total. The van der Waals surface area contributed by atoms with E-state index in [9.17, 15) is 0 Å². The van der Waals surface area contributed by atoms with Gasteiger partial charge in [-0.05, 0) is 36.1 Å². The molecular formula is C18H23N. The van der Waals surface area contributed by atoms with E-state index < -0.39 is 0 Å². The molecule has 0 saturated heterocycles. The molecule has 0 unspecified atom stereocenters. The standard InChI is InChI=1S/C18H23N/c1-3-4-14-19(2)18-13-9-8-12-17(18)15-16-10-6-5-7-11-16/h5-11,13,15H,3-4,12,14H2,1-2H3. The Morgan fingerprint density at radius 3 is 2.74 bits per heavy atom. The van der Waals surface area contributed by atoms with Crippen LogP contribution in [0.5, 0.6) is 0 Å². The Morgan fingerprint density at radius 2 is 2.00 bits per heavy atom. The van der Waals surface area contributed by atoms with Crippen LogP contribution in [-0.2, 0) is 0 Å². The van der Waals surface area contributed by atoms with E-state index in [2.05, 4.69) is 73.5 Å². The maximum Gasteiger partial charge on any atom is 0.0399 e. The van der Waals surface area contributed by atoms with Crippen molar-refractivity contribution in [1.82, 2.24) is 4.90 Å². The lowest BCUT2D eigenvalue weighted by Crippen LogP contribution is -2.21. The first-order valence-electron chi connectivity index (χ1n) is 7.15. The summed E-state index contributed by atoms with van der Waals surface area (Å²) in [6, 6.07) is 10.6. The highest BCUT2D eigenvalue weighted by Crippen LogP contribution is 2.24. The number of nitrogens with zero attached hydrogens (tertiary/aromatic N) is 1. The van der Waals surface area contributed by atoms with E-state index in [4.69, 9.17) is 0 Å². The summed E-state index contributed by atoms with van der Waals surface area (Å²) in [5.74, 6) is 0. The summed E-state index contributed by atoms with van der Waals surface area (Å²) in [5.41, 5.74) is 4.05. The van der Waals surface area contributed by atoms with Gasteiger partial charge in [-0.2, -0.15) is 0 Å². The van der Waals surface area contributed by atoms with E-state index in [1.54, 1.807) is 0 Å². The molecule has 0 aliphatic heterocycles. The van der Waals surface area contributed by atoms with Gasteiger partial charge in [0.2, 0.25) is 0 Å². The molecule has 1 aliphatic rings. The Balaban J connectivity index is 2.17. The third-order valence-electron chi connectivity index (χ3n) is 3.46. The van der Waals surface area contributed by atoms with Crippen molar-refractivity contribution in [2.24, 2.45) is 0 Å². The lowest BCUT2D eigenvalue weighted by atomic mass is 10.00. The van der Waals surface area contributed by atoms with Gasteiger partial charge in [0.15, 0.2) is 0 Å². The number of allylic oxidation sites excluding steroid dienone is 4. The van der Waals surface area contributed by atoms with Gasteiger partial charge >= 0.3 is 0 Å². The number of unbranched alkanes of at least 4 members (excludes halogenated alkanes) is 1. The monoisotopic (exact) mass is 253 g/mol. The summed E-state index contributed by atoms with van der Waals surface area (Å²) < 4.78 is 0. The Morgan fingerprint density at radius 1 is 1.21 bits per heavy atom. The number of benzene rings is 1. The molecule has 0 atom stereocenters. The second kappa shape index (κ2) is 6.98. The molecule has 19 heavy (non-hydrogen) atoms. The summed E-state index contributed by atoms with van der Waals surface area (Å²) in [6.45, 7) is 3.37. The highest BCUT2D eigenvalue weighted by atomic mass is 15.1. The van der Waals surface area contributed by atoms with Gasteiger partial charge in [-0.3, -0.25) is 0 Å². The fraction of sp³-hybridized carbons (Fsp3) is 0.333. The second-order valence-corrected chi connectivity index (χ2v) is 5.04. The van der Waals surface area contributed by atoms with Gasteiger partial charge in [-0.15, -0.1) is 0 Å². The maximum absolute atomic E-state index is 2.38. The third-order valence-corrected chi connectivity index (χ3v) is 3.46. The molecule has 1 heteroatoms. The highest BCUT2D eigenvalue weighted by molar-refractivity contribution is 5.60. The molecule has 0 aromatic heterocycles. The summed E-state index contributed by atoms with van der Waals surface area (Å²) in [5, 5.41) is 0. The van der Waals surface area contributed by atoms with Crippen molar-refractivity contribution in [3.05, 3.63) is 65.4 Å². The lowest BCUT2D eigenvalue weighted by molar-refractivity contribution is 0.411. The molecule has 0 radical (unpaired) electrons. The normalized spacial score (nSPS) is 16.5. The average molecular weight is 253 g/mol. The topological polar surface area (TPSA) is 3.24 Å². The van der Waals surface area contributed by atoms with E-state index in [1.807, 2.05) is 0 Å². The minimum atomic E-state index is 1.02. The van der Waals surface area contributed by atoms with Gasteiger partial charge in [0, 0.05) is 19.3 Å². The Hall–Kier alpha value is -1.76. The molecule has 0 amide bonds. The number of rotatable bonds is 5. The summed E-state index contributed by atoms with van der Waals surface area (Å²) in [7, 11) is 2.19. The summed E-state index contributed by atoms with van der Waals surface area (Å²) in [6.07, 6.45) is 12.4. The molecule has 100 valence electrons. The Kier molecular flexibility index (Phi) is 5.02. The van der Waals surface area contributed by atoms with Crippen LogP contribution in [0.15, 0.2) is 59.8 Å². The second-order valence-electron chi connectivity index (χ2n) is 5.04. The summed E-state index contributed by atoms with van der Waals surface area (Å²) in [4.78, 5) is 2.38. The van der Waals surface area contributed by atoms with Crippen molar-refractivity contribution >= 4 is 6.08 Å². The first-order valence-corrected chi connectivity index (χ1v) is 7.15. The van der Waals surface area contributed by atoms with Crippen LogP contribution >= 0.6 is 0 Å². The first-order chi connectivity index (χ1) is 9.31. The molecular weight excluding hydrogens is 230 g/mol. The van der Waals surface area contributed by atoms with Crippen molar-refractivity contribution in [3.63, 3.8) is 0 Å². The molecule has 0 bridgehead atoms. The van der Waals surface area contributed by atoms with Crippen LogP contribution in [0.25, 0.3) is 6.08 Å².